The van der Waals surface area contributed by atoms with Crippen LogP contribution in [-0.4, -0.2) is 44.0 Å². The molecule has 0 amide bonds. The molecule has 1 aliphatic heterocycles. The van der Waals surface area contributed by atoms with E-state index in [2.05, 4.69) is 26.9 Å². The number of β-amino-alcohol motifs (C(OH)–C–C–N with tert-alkyl or cyclic N) is 1. The van der Waals surface area contributed by atoms with Gasteiger partial charge in [0.25, 0.3) is 0 Å². The van der Waals surface area contributed by atoms with E-state index >= 15 is 0 Å². The van der Waals surface area contributed by atoms with Crippen LogP contribution in [0.4, 0.5) is 5.82 Å². The summed E-state index contributed by atoms with van der Waals surface area (Å²) in [5.41, 5.74) is 0.827. The SMILES string of the molecule is CC1CCN(c2ncnc3c2cnn3C)CC1O. The molecule has 1 saturated heterocycles. The smallest absolute Gasteiger partial charge is 0.163 e. The zero-order chi connectivity index (χ0) is 12.7. The van der Waals surface area contributed by atoms with Gasteiger partial charge in [0.15, 0.2) is 5.65 Å². The van der Waals surface area contributed by atoms with Crippen LogP contribution in [0.5, 0.6) is 0 Å². The maximum absolute atomic E-state index is 9.98. The highest BCUT2D eigenvalue weighted by Gasteiger charge is 2.26. The lowest BCUT2D eigenvalue weighted by atomic mass is 9.96. The average Bonchev–Trinajstić information content (AvgIpc) is 2.75. The van der Waals surface area contributed by atoms with Crippen molar-refractivity contribution in [3.8, 4) is 0 Å². The lowest BCUT2D eigenvalue weighted by molar-refractivity contribution is 0.103. The topological polar surface area (TPSA) is 67.1 Å². The molecule has 3 heterocycles. The van der Waals surface area contributed by atoms with Crippen molar-refractivity contribution in [2.24, 2.45) is 13.0 Å². The second kappa shape index (κ2) is 4.20. The Kier molecular flexibility index (Phi) is 2.66. The summed E-state index contributed by atoms with van der Waals surface area (Å²) in [5, 5.41) is 15.1. The number of fused-ring (bicyclic) bond motifs is 1. The molecule has 6 nitrogen and oxygen atoms in total. The summed E-state index contributed by atoms with van der Waals surface area (Å²) in [5.74, 6) is 1.23. The first-order valence-electron chi connectivity index (χ1n) is 6.22. The van der Waals surface area contributed by atoms with Crippen molar-refractivity contribution >= 4 is 16.9 Å². The number of hydrogen-bond donors (Lipinski definition) is 1. The van der Waals surface area contributed by atoms with E-state index in [0.29, 0.717) is 12.5 Å². The van der Waals surface area contributed by atoms with E-state index in [1.54, 1.807) is 17.2 Å². The molecule has 1 fully saturated rings. The number of aromatic nitrogens is 4. The molecule has 0 spiro atoms. The summed E-state index contributed by atoms with van der Waals surface area (Å²) in [6.07, 6.45) is 4.03. The molecule has 2 aromatic rings. The summed E-state index contributed by atoms with van der Waals surface area (Å²) >= 11 is 0. The van der Waals surface area contributed by atoms with E-state index < -0.39 is 0 Å². The average molecular weight is 247 g/mol. The first kappa shape index (κ1) is 11.4. The van der Waals surface area contributed by atoms with Gasteiger partial charge in [0.2, 0.25) is 0 Å². The summed E-state index contributed by atoms with van der Waals surface area (Å²) in [6, 6.07) is 0. The minimum atomic E-state index is -0.291. The Labute approximate surface area is 105 Å². The van der Waals surface area contributed by atoms with Crippen molar-refractivity contribution in [2.75, 3.05) is 18.0 Å². The number of rotatable bonds is 1. The molecule has 0 bridgehead atoms. The molecule has 1 N–H and O–H groups in total. The van der Waals surface area contributed by atoms with Crippen LogP contribution in [0.3, 0.4) is 0 Å². The van der Waals surface area contributed by atoms with Crippen LogP contribution < -0.4 is 4.90 Å². The van der Waals surface area contributed by atoms with Crippen molar-refractivity contribution in [3.63, 3.8) is 0 Å². The highest BCUT2D eigenvalue weighted by molar-refractivity contribution is 5.86. The lowest BCUT2D eigenvalue weighted by Gasteiger charge is -2.35. The Morgan fingerprint density at radius 1 is 1.39 bits per heavy atom. The van der Waals surface area contributed by atoms with Crippen LogP contribution in [-0.2, 0) is 7.05 Å². The Balaban J connectivity index is 1.99. The van der Waals surface area contributed by atoms with Gasteiger partial charge in [-0.25, -0.2) is 9.97 Å². The van der Waals surface area contributed by atoms with Gasteiger partial charge in [0.1, 0.15) is 12.1 Å². The molecular weight excluding hydrogens is 230 g/mol. The Morgan fingerprint density at radius 2 is 2.22 bits per heavy atom. The van der Waals surface area contributed by atoms with Crippen LogP contribution in [0.2, 0.25) is 0 Å². The second-order valence-electron chi connectivity index (χ2n) is 4.98. The fraction of sp³-hybridized carbons (Fsp3) is 0.583. The molecule has 6 heteroatoms. The lowest BCUT2D eigenvalue weighted by Crippen LogP contribution is -2.43. The van der Waals surface area contributed by atoms with Crippen LogP contribution in [0.25, 0.3) is 11.0 Å². The third-order valence-corrected chi connectivity index (χ3v) is 3.73. The summed E-state index contributed by atoms with van der Waals surface area (Å²) < 4.78 is 1.74. The van der Waals surface area contributed by atoms with E-state index in [9.17, 15) is 5.11 Å². The maximum Gasteiger partial charge on any atom is 0.163 e. The quantitative estimate of drug-likeness (QED) is 0.798. The number of aliphatic hydroxyl groups excluding tert-OH is 1. The number of hydrogen-bond acceptors (Lipinski definition) is 5. The van der Waals surface area contributed by atoms with Crippen LogP contribution in [0.1, 0.15) is 13.3 Å². The molecule has 2 unspecified atom stereocenters. The third kappa shape index (κ3) is 1.73. The summed E-state index contributed by atoms with van der Waals surface area (Å²) in [4.78, 5) is 10.7. The van der Waals surface area contributed by atoms with Gasteiger partial charge >= 0.3 is 0 Å². The Morgan fingerprint density at radius 3 is 3.00 bits per heavy atom. The number of aryl methyl sites for hydroxylation is 1. The number of piperidine rings is 1. The molecule has 0 saturated carbocycles. The van der Waals surface area contributed by atoms with E-state index in [4.69, 9.17) is 0 Å². The van der Waals surface area contributed by atoms with Crippen LogP contribution >= 0.6 is 0 Å². The van der Waals surface area contributed by atoms with Gasteiger partial charge in [-0.1, -0.05) is 6.92 Å². The first-order valence-corrected chi connectivity index (χ1v) is 6.22. The molecule has 2 aromatic heterocycles. The Hall–Kier alpha value is -1.69. The van der Waals surface area contributed by atoms with Gasteiger partial charge in [0, 0.05) is 20.1 Å². The maximum atomic E-state index is 9.98. The minimum Gasteiger partial charge on any atom is -0.391 e. The van der Waals surface area contributed by atoms with Gasteiger partial charge in [-0.3, -0.25) is 4.68 Å². The number of nitrogens with zero attached hydrogens (tertiary/aromatic N) is 5. The van der Waals surface area contributed by atoms with Gasteiger partial charge in [-0.05, 0) is 12.3 Å². The molecule has 0 aliphatic carbocycles. The number of anilines is 1. The molecular formula is C12H17N5O. The normalized spacial score (nSPS) is 24.7. The van der Waals surface area contributed by atoms with E-state index in [-0.39, 0.29) is 6.10 Å². The zero-order valence-corrected chi connectivity index (χ0v) is 10.6. The van der Waals surface area contributed by atoms with Crippen LogP contribution in [0, 0.1) is 5.92 Å². The van der Waals surface area contributed by atoms with E-state index in [1.165, 1.54) is 0 Å². The van der Waals surface area contributed by atoms with Crippen molar-refractivity contribution in [1.29, 1.82) is 0 Å². The van der Waals surface area contributed by atoms with Gasteiger partial charge in [-0.15, -0.1) is 0 Å². The molecule has 3 rings (SSSR count). The molecule has 18 heavy (non-hydrogen) atoms. The summed E-state index contributed by atoms with van der Waals surface area (Å²) in [6.45, 7) is 3.63. The predicted octanol–water partition coefficient (Wildman–Crippen LogP) is 0.570. The van der Waals surface area contributed by atoms with E-state index in [1.807, 2.05) is 7.05 Å². The molecule has 2 atom stereocenters. The fourth-order valence-corrected chi connectivity index (χ4v) is 2.44. The van der Waals surface area contributed by atoms with Crippen molar-refractivity contribution in [3.05, 3.63) is 12.5 Å². The van der Waals surface area contributed by atoms with Crippen LogP contribution in [0.15, 0.2) is 12.5 Å². The summed E-state index contributed by atoms with van der Waals surface area (Å²) in [7, 11) is 1.87. The van der Waals surface area contributed by atoms with Crippen molar-refractivity contribution < 1.29 is 5.11 Å². The van der Waals surface area contributed by atoms with E-state index in [0.717, 1.165) is 29.8 Å². The molecule has 0 aromatic carbocycles. The number of aliphatic hydroxyl groups is 1. The Bertz CT molecular complexity index is 567. The molecule has 0 radical (unpaired) electrons. The van der Waals surface area contributed by atoms with Gasteiger partial charge in [0.05, 0.1) is 17.7 Å². The van der Waals surface area contributed by atoms with Gasteiger partial charge in [-0.2, -0.15) is 5.10 Å². The monoisotopic (exact) mass is 247 g/mol. The predicted molar refractivity (Wildman–Crippen MR) is 68.3 cm³/mol. The van der Waals surface area contributed by atoms with Crippen molar-refractivity contribution in [1.82, 2.24) is 19.7 Å². The zero-order valence-electron chi connectivity index (χ0n) is 10.6. The minimum absolute atomic E-state index is 0.291. The fourth-order valence-electron chi connectivity index (χ4n) is 2.44. The molecule has 1 aliphatic rings. The largest absolute Gasteiger partial charge is 0.391 e. The first-order chi connectivity index (χ1) is 8.66. The van der Waals surface area contributed by atoms with Gasteiger partial charge < -0.3 is 10.0 Å². The highest BCUT2D eigenvalue weighted by Crippen LogP contribution is 2.26. The standard InChI is InChI=1S/C12H17N5O/c1-8-3-4-17(6-10(8)18)12-9-5-15-16(2)11(9)13-7-14-12/h5,7-8,10,18H,3-4,6H2,1-2H3. The molecule has 96 valence electrons. The second-order valence-corrected chi connectivity index (χ2v) is 4.98. The third-order valence-electron chi connectivity index (χ3n) is 3.73. The van der Waals surface area contributed by atoms with Crippen molar-refractivity contribution in [2.45, 2.75) is 19.4 Å². The highest BCUT2D eigenvalue weighted by atomic mass is 16.3.